The second kappa shape index (κ2) is 9.04. The number of carbonyl (C=O) groups is 2. The molecule has 0 radical (unpaired) electrons. The van der Waals surface area contributed by atoms with Crippen LogP contribution in [0.3, 0.4) is 0 Å². The Morgan fingerprint density at radius 3 is 2.24 bits per heavy atom. The number of aromatic nitrogens is 1. The molecule has 9 rings (SSSR count). The number of benzene rings is 1. The van der Waals surface area contributed by atoms with E-state index in [1.54, 1.807) is 0 Å². The number of fused-ring (bicyclic) bond motifs is 1. The average molecular weight is 577 g/mol. The van der Waals surface area contributed by atoms with E-state index in [9.17, 15) is 18.4 Å². The molecule has 6 fully saturated rings. The number of hydrogen-bond acceptors (Lipinski definition) is 5. The summed E-state index contributed by atoms with van der Waals surface area (Å²) in [6.07, 6.45) is 7.53. The molecule has 4 bridgehead atoms. The summed E-state index contributed by atoms with van der Waals surface area (Å²) in [5.74, 6) is -0.703. The normalized spacial score (nSPS) is 33.4. The number of halogens is 2. The van der Waals surface area contributed by atoms with Crippen LogP contribution in [0.15, 0.2) is 42.6 Å². The van der Waals surface area contributed by atoms with Gasteiger partial charge in [-0.15, -0.1) is 0 Å². The lowest BCUT2D eigenvalue weighted by Crippen LogP contribution is -2.63. The number of amides is 3. The van der Waals surface area contributed by atoms with Crippen LogP contribution in [0, 0.1) is 28.6 Å². The number of pyridine rings is 1. The minimum absolute atomic E-state index is 0.0344. The Kier molecular flexibility index (Phi) is 5.64. The number of piperidine rings is 1. The number of hydrogen-bond donors (Lipinski definition) is 2. The van der Waals surface area contributed by atoms with Crippen molar-refractivity contribution in [3.8, 4) is 0 Å². The molecule has 2 atom stereocenters. The molecule has 3 N–H and O–H groups in total. The predicted molar refractivity (Wildman–Crippen MR) is 156 cm³/mol. The van der Waals surface area contributed by atoms with E-state index >= 15 is 0 Å². The lowest BCUT2D eigenvalue weighted by molar-refractivity contribution is -0.145. The summed E-state index contributed by atoms with van der Waals surface area (Å²) in [4.78, 5) is 37.0. The Morgan fingerprint density at radius 1 is 0.929 bits per heavy atom. The molecule has 1 saturated heterocycles. The standard InChI is InChI=1S/C32H38F2N6O2/c33-32(34)19-31(32)7-9-38(10-8-31)23-5-6-26(36-18-23)39-11-12-40(25-4-2-1-3-24(25)39)29(42)37-27-21-13-20-14-22(27)17-30(15-20,16-21)28(35)41/h1-6,18,20-22,27H,7-17,19H2,(H2,35,41)(H,37,42)/t20?,21?,22?,27-,30+. The summed E-state index contributed by atoms with van der Waals surface area (Å²) in [7, 11) is 0. The molecular formula is C32H38F2N6O2. The monoisotopic (exact) mass is 576 g/mol. The van der Waals surface area contributed by atoms with E-state index in [0.29, 0.717) is 56.8 Å². The van der Waals surface area contributed by atoms with Gasteiger partial charge < -0.3 is 20.9 Å². The molecule has 3 heterocycles. The smallest absolute Gasteiger partial charge is 0.322 e. The maximum absolute atomic E-state index is 13.8. The highest BCUT2D eigenvalue weighted by molar-refractivity contribution is 5.98. The number of anilines is 4. The van der Waals surface area contributed by atoms with Gasteiger partial charge in [0.25, 0.3) is 5.92 Å². The number of alkyl halides is 2. The summed E-state index contributed by atoms with van der Waals surface area (Å²) in [5.41, 5.74) is 7.44. The molecule has 5 aliphatic carbocycles. The van der Waals surface area contributed by atoms with Crippen LogP contribution in [0.2, 0.25) is 0 Å². The topological polar surface area (TPSA) is 94.8 Å². The van der Waals surface area contributed by atoms with Gasteiger partial charge in [-0.05, 0) is 87.0 Å². The molecule has 3 amide bonds. The number of primary amides is 1. The van der Waals surface area contributed by atoms with Gasteiger partial charge in [-0.1, -0.05) is 12.1 Å². The maximum atomic E-state index is 13.8. The lowest BCUT2D eigenvalue weighted by atomic mass is 9.47. The highest BCUT2D eigenvalue weighted by Gasteiger charge is 2.70. The van der Waals surface area contributed by atoms with Crippen molar-refractivity contribution in [2.75, 3.05) is 40.9 Å². The van der Waals surface area contributed by atoms with Gasteiger partial charge in [-0.2, -0.15) is 0 Å². The SMILES string of the molecule is NC(=O)[C@]12CC3CC(C1)[C@H](NC(=O)N1CCN(c4ccc(N5CCC6(CC5)CC6(F)F)cn4)c4ccccc41)C(C3)C2. The van der Waals surface area contributed by atoms with Crippen LogP contribution in [0.25, 0.3) is 0 Å². The fraction of sp³-hybridized carbons (Fsp3) is 0.594. The lowest BCUT2D eigenvalue weighted by Gasteiger charge is -2.59. The van der Waals surface area contributed by atoms with Crippen LogP contribution in [0.1, 0.15) is 51.4 Å². The van der Waals surface area contributed by atoms with Crippen LogP contribution < -0.4 is 25.8 Å². The molecule has 2 aromatic rings. The molecule has 5 saturated carbocycles. The zero-order valence-corrected chi connectivity index (χ0v) is 23.8. The Hall–Kier alpha value is -3.43. The first-order valence-corrected chi connectivity index (χ1v) is 15.5. The average Bonchev–Trinajstić information content (AvgIpc) is 3.52. The van der Waals surface area contributed by atoms with E-state index in [4.69, 9.17) is 10.7 Å². The zero-order valence-electron chi connectivity index (χ0n) is 23.8. The molecule has 7 aliphatic rings. The van der Waals surface area contributed by atoms with E-state index in [1.165, 1.54) is 0 Å². The number of nitrogens with one attached hydrogen (secondary N) is 1. The van der Waals surface area contributed by atoms with E-state index in [0.717, 1.165) is 55.0 Å². The van der Waals surface area contributed by atoms with Crippen LogP contribution >= 0.6 is 0 Å². The van der Waals surface area contributed by atoms with Gasteiger partial charge in [0.1, 0.15) is 5.82 Å². The molecule has 2 aliphatic heterocycles. The van der Waals surface area contributed by atoms with Crippen molar-refractivity contribution >= 4 is 34.8 Å². The number of urea groups is 1. The van der Waals surface area contributed by atoms with E-state index in [2.05, 4.69) is 15.1 Å². The second-order valence-electron chi connectivity index (χ2n) is 13.9. The third kappa shape index (κ3) is 3.93. The van der Waals surface area contributed by atoms with Gasteiger partial charge in [0.15, 0.2) is 0 Å². The third-order valence-corrected chi connectivity index (χ3v) is 11.6. The van der Waals surface area contributed by atoms with Crippen LogP contribution in [0.5, 0.6) is 0 Å². The van der Waals surface area contributed by atoms with Gasteiger partial charge in [0, 0.05) is 49.5 Å². The van der Waals surface area contributed by atoms with Crippen molar-refractivity contribution in [2.24, 2.45) is 34.3 Å². The highest BCUT2D eigenvalue weighted by Crippen LogP contribution is 2.66. The van der Waals surface area contributed by atoms with E-state index < -0.39 is 11.3 Å². The van der Waals surface area contributed by atoms with Gasteiger partial charge >= 0.3 is 6.03 Å². The van der Waals surface area contributed by atoms with Crippen molar-refractivity contribution in [2.45, 2.75) is 63.3 Å². The molecule has 1 aromatic carbocycles. The Labute approximate surface area is 244 Å². The highest BCUT2D eigenvalue weighted by atomic mass is 19.3. The number of nitrogens with zero attached hydrogens (tertiary/aromatic N) is 4. The van der Waals surface area contributed by atoms with Gasteiger partial charge in [-0.25, -0.2) is 18.6 Å². The number of nitrogens with two attached hydrogens (primary N) is 1. The Balaban J connectivity index is 0.963. The summed E-state index contributed by atoms with van der Waals surface area (Å²) >= 11 is 0. The van der Waals surface area contributed by atoms with Crippen molar-refractivity contribution in [3.63, 3.8) is 0 Å². The minimum Gasteiger partial charge on any atom is -0.370 e. The molecule has 222 valence electrons. The first-order valence-electron chi connectivity index (χ1n) is 15.5. The third-order valence-electron chi connectivity index (χ3n) is 11.6. The number of para-hydroxylation sites is 2. The molecule has 8 nitrogen and oxygen atoms in total. The number of rotatable bonds is 4. The molecule has 42 heavy (non-hydrogen) atoms. The van der Waals surface area contributed by atoms with Crippen molar-refractivity contribution in [1.29, 1.82) is 0 Å². The molecule has 1 aromatic heterocycles. The first kappa shape index (κ1) is 26.2. The van der Waals surface area contributed by atoms with Gasteiger partial charge in [0.05, 0.1) is 23.3 Å². The fourth-order valence-corrected chi connectivity index (χ4v) is 9.43. The molecular weight excluding hydrogens is 538 g/mol. The van der Waals surface area contributed by atoms with E-state index in [-0.39, 0.29) is 29.8 Å². The van der Waals surface area contributed by atoms with Crippen molar-refractivity contribution in [3.05, 3.63) is 42.6 Å². The second-order valence-corrected chi connectivity index (χ2v) is 13.9. The maximum Gasteiger partial charge on any atom is 0.322 e. The Morgan fingerprint density at radius 2 is 1.62 bits per heavy atom. The predicted octanol–water partition coefficient (Wildman–Crippen LogP) is 5.06. The van der Waals surface area contributed by atoms with Gasteiger partial charge in [-0.3, -0.25) is 9.69 Å². The van der Waals surface area contributed by atoms with Crippen LogP contribution in [0.4, 0.5) is 36.5 Å². The van der Waals surface area contributed by atoms with Crippen LogP contribution in [-0.2, 0) is 4.79 Å². The summed E-state index contributed by atoms with van der Waals surface area (Å²) in [5, 5.41) is 3.39. The molecule has 10 heteroatoms. The van der Waals surface area contributed by atoms with Crippen molar-refractivity contribution < 1.29 is 18.4 Å². The quantitative estimate of drug-likeness (QED) is 0.531. The number of carbonyl (C=O) groups excluding carboxylic acids is 2. The molecule has 2 unspecified atom stereocenters. The zero-order chi connectivity index (χ0) is 28.9. The van der Waals surface area contributed by atoms with E-state index in [1.807, 2.05) is 47.5 Å². The summed E-state index contributed by atoms with van der Waals surface area (Å²) in [6.45, 7) is 2.37. The van der Waals surface area contributed by atoms with Crippen molar-refractivity contribution in [1.82, 2.24) is 10.3 Å². The van der Waals surface area contributed by atoms with Gasteiger partial charge in [0.2, 0.25) is 5.91 Å². The largest absolute Gasteiger partial charge is 0.370 e. The first-order chi connectivity index (χ1) is 20.2. The fourth-order valence-electron chi connectivity index (χ4n) is 9.43. The summed E-state index contributed by atoms with van der Waals surface area (Å²) in [6, 6.07) is 11.9. The summed E-state index contributed by atoms with van der Waals surface area (Å²) < 4.78 is 27.6. The van der Waals surface area contributed by atoms with Crippen LogP contribution in [-0.4, -0.2) is 55.1 Å². The minimum atomic E-state index is -2.49. The Bertz CT molecular complexity index is 1410. The molecule has 1 spiro atoms.